The van der Waals surface area contributed by atoms with Crippen molar-refractivity contribution in [2.75, 3.05) is 46.3 Å². The molecule has 0 spiro atoms. The molecule has 0 radical (unpaired) electrons. The van der Waals surface area contributed by atoms with Gasteiger partial charge < -0.3 is 20.3 Å². The van der Waals surface area contributed by atoms with Crippen molar-refractivity contribution < 1.29 is 4.74 Å². The molecule has 0 amide bonds. The van der Waals surface area contributed by atoms with Crippen LogP contribution >= 0.6 is 24.0 Å². The molecule has 0 saturated carbocycles. The third-order valence-electron chi connectivity index (χ3n) is 5.40. The predicted molar refractivity (Wildman–Crippen MR) is 143 cm³/mol. The van der Waals surface area contributed by atoms with Gasteiger partial charge in [-0.15, -0.1) is 24.0 Å². The smallest absolute Gasteiger partial charge is 0.191 e. The Morgan fingerprint density at radius 2 is 1.74 bits per heavy atom. The lowest BCUT2D eigenvalue weighted by Gasteiger charge is -2.40. The van der Waals surface area contributed by atoms with Gasteiger partial charge in [0.1, 0.15) is 11.4 Å². The zero-order chi connectivity index (χ0) is 22.1. The maximum atomic E-state index is 6.12. The highest BCUT2D eigenvalue weighted by atomic mass is 127. The summed E-state index contributed by atoms with van der Waals surface area (Å²) in [4.78, 5) is 9.88. The molecule has 1 saturated heterocycles. The fourth-order valence-corrected chi connectivity index (χ4v) is 3.71. The van der Waals surface area contributed by atoms with Gasteiger partial charge in [0, 0.05) is 50.9 Å². The number of benzene rings is 1. The third kappa shape index (κ3) is 9.95. The minimum absolute atomic E-state index is 0. The molecule has 2 rings (SSSR count). The first-order valence-electron chi connectivity index (χ1n) is 11.4. The Balaban J connectivity index is 0.00000480. The quantitative estimate of drug-likeness (QED) is 0.296. The molecular formula is C24H44IN5O. The van der Waals surface area contributed by atoms with Crippen molar-refractivity contribution >= 4 is 29.9 Å². The molecular weight excluding hydrogens is 501 g/mol. The van der Waals surface area contributed by atoms with Crippen LogP contribution in [0.15, 0.2) is 29.3 Å². The number of piperazine rings is 1. The highest BCUT2D eigenvalue weighted by Crippen LogP contribution is 2.23. The number of nitrogens with zero attached hydrogens (tertiary/aromatic N) is 3. The van der Waals surface area contributed by atoms with E-state index in [1.165, 1.54) is 0 Å². The van der Waals surface area contributed by atoms with Crippen molar-refractivity contribution in [1.82, 2.24) is 20.4 Å². The highest BCUT2D eigenvalue weighted by molar-refractivity contribution is 14.0. The number of aliphatic imine (C=N–C) groups is 1. The Labute approximate surface area is 207 Å². The number of guanidine groups is 1. The lowest BCUT2D eigenvalue weighted by molar-refractivity contribution is 0.0900. The van der Waals surface area contributed by atoms with Crippen LogP contribution in [0.4, 0.5) is 0 Å². The summed E-state index contributed by atoms with van der Waals surface area (Å²) in [6.45, 7) is 19.8. The topological polar surface area (TPSA) is 52.1 Å². The van der Waals surface area contributed by atoms with Crippen molar-refractivity contribution in [3.8, 4) is 5.75 Å². The van der Waals surface area contributed by atoms with Gasteiger partial charge in [0.05, 0.1) is 6.54 Å². The van der Waals surface area contributed by atoms with E-state index in [0.29, 0.717) is 18.5 Å². The van der Waals surface area contributed by atoms with Gasteiger partial charge >= 0.3 is 0 Å². The molecule has 1 aromatic rings. The molecule has 0 aliphatic carbocycles. The number of likely N-dealkylation sites (N-methyl/N-ethyl adjacent to an activating group) is 1. The monoisotopic (exact) mass is 545 g/mol. The molecule has 178 valence electrons. The number of rotatable bonds is 8. The largest absolute Gasteiger partial charge is 0.488 e. The Bertz CT molecular complexity index is 666. The van der Waals surface area contributed by atoms with Crippen molar-refractivity contribution in [1.29, 1.82) is 0 Å². The molecule has 1 aliphatic rings. The van der Waals surface area contributed by atoms with Gasteiger partial charge in [-0.05, 0) is 46.7 Å². The molecule has 1 aromatic carbocycles. The van der Waals surface area contributed by atoms with E-state index in [9.17, 15) is 0 Å². The summed E-state index contributed by atoms with van der Waals surface area (Å²) >= 11 is 0. The maximum Gasteiger partial charge on any atom is 0.191 e. The standard InChI is InChI=1S/C24H43N5O.HI/c1-8-25-23(26-17-20-11-9-10-12-22(20)30-24(4,5)6)27-18-21(19(2)3)29-15-13-28(7)14-16-29;/h9-12,19,21H,8,13-18H2,1-7H3,(H2,25,26,27);1H. The molecule has 2 N–H and O–H groups in total. The summed E-state index contributed by atoms with van der Waals surface area (Å²) in [7, 11) is 2.21. The first-order chi connectivity index (χ1) is 14.2. The normalized spacial score (nSPS) is 17.2. The number of para-hydroxylation sites is 1. The van der Waals surface area contributed by atoms with Crippen LogP contribution < -0.4 is 15.4 Å². The first-order valence-corrected chi connectivity index (χ1v) is 11.4. The summed E-state index contributed by atoms with van der Waals surface area (Å²) in [6, 6.07) is 8.68. The summed E-state index contributed by atoms with van der Waals surface area (Å²) in [5.74, 6) is 2.36. The fraction of sp³-hybridized carbons (Fsp3) is 0.708. The van der Waals surface area contributed by atoms with Gasteiger partial charge in [-0.25, -0.2) is 4.99 Å². The number of nitrogens with one attached hydrogen (secondary N) is 2. The van der Waals surface area contributed by atoms with Crippen LogP contribution in [0.2, 0.25) is 0 Å². The lowest BCUT2D eigenvalue weighted by Crippen LogP contribution is -2.55. The highest BCUT2D eigenvalue weighted by Gasteiger charge is 2.25. The van der Waals surface area contributed by atoms with E-state index < -0.39 is 0 Å². The Kier molecular flexibility index (Phi) is 12.2. The Hall–Kier alpha value is -1.06. The van der Waals surface area contributed by atoms with E-state index in [4.69, 9.17) is 9.73 Å². The molecule has 1 fully saturated rings. The molecule has 1 atom stereocenters. The lowest BCUT2D eigenvalue weighted by atomic mass is 10.0. The molecule has 31 heavy (non-hydrogen) atoms. The van der Waals surface area contributed by atoms with E-state index >= 15 is 0 Å². The van der Waals surface area contributed by atoms with Crippen molar-refractivity contribution in [2.24, 2.45) is 10.9 Å². The van der Waals surface area contributed by atoms with Gasteiger partial charge in [-0.1, -0.05) is 32.0 Å². The molecule has 1 aliphatic heterocycles. The molecule has 0 aromatic heterocycles. The zero-order valence-corrected chi connectivity index (χ0v) is 22.9. The summed E-state index contributed by atoms with van der Waals surface area (Å²) in [5, 5.41) is 6.99. The molecule has 1 heterocycles. The minimum Gasteiger partial charge on any atom is -0.488 e. The van der Waals surface area contributed by atoms with E-state index in [1.54, 1.807) is 0 Å². The van der Waals surface area contributed by atoms with Gasteiger partial charge in [0.15, 0.2) is 5.96 Å². The van der Waals surface area contributed by atoms with Gasteiger partial charge in [-0.2, -0.15) is 0 Å². The van der Waals surface area contributed by atoms with E-state index in [1.807, 2.05) is 18.2 Å². The second kappa shape index (κ2) is 13.5. The van der Waals surface area contributed by atoms with Crippen molar-refractivity contribution in [3.05, 3.63) is 29.8 Å². The molecule has 6 nitrogen and oxygen atoms in total. The van der Waals surface area contributed by atoms with E-state index in [2.05, 4.69) is 75.1 Å². The van der Waals surface area contributed by atoms with Gasteiger partial charge in [0.2, 0.25) is 0 Å². The van der Waals surface area contributed by atoms with Crippen LogP contribution in [-0.2, 0) is 6.54 Å². The second-order valence-electron chi connectivity index (χ2n) is 9.55. The minimum atomic E-state index is -0.227. The van der Waals surface area contributed by atoms with Crippen LogP contribution in [-0.4, -0.2) is 73.7 Å². The zero-order valence-electron chi connectivity index (χ0n) is 20.6. The van der Waals surface area contributed by atoms with Gasteiger partial charge in [-0.3, -0.25) is 4.90 Å². The Morgan fingerprint density at radius 3 is 2.32 bits per heavy atom. The average molecular weight is 546 g/mol. The average Bonchev–Trinajstić information content (AvgIpc) is 2.67. The predicted octanol–water partition coefficient (Wildman–Crippen LogP) is 3.81. The summed E-state index contributed by atoms with van der Waals surface area (Å²) in [5.41, 5.74) is 0.874. The molecule has 1 unspecified atom stereocenters. The maximum absolute atomic E-state index is 6.12. The fourth-order valence-electron chi connectivity index (χ4n) is 3.71. The van der Waals surface area contributed by atoms with Crippen LogP contribution in [0, 0.1) is 5.92 Å². The summed E-state index contributed by atoms with van der Waals surface area (Å²) in [6.07, 6.45) is 0. The number of halogens is 1. The van der Waals surface area contributed by atoms with Gasteiger partial charge in [0.25, 0.3) is 0 Å². The SMILES string of the molecule is CCNC(=NCc1ccccc1OC(C)(C)C)NCC(C(C)C)N1CCN(C)CC1.I. The Morgan fingerprint density at radius 1 is 1.10 bits per heavy atom. The van der Waals surface area contributed by atoms with Crippen LogP contribution in [0.3, 0.4) is 0 Å². The van der Waals surface area contributed by atoms with Crippen molar-refractivity contribution in [2.45, 2.75) is 59.7 Å². The number of hydrogen-bond donors (Lipinski definition) is 2. The molecule has 0 bridgehead atoms. The van der Waals surface area contributed by atoms with Crippen LogP contribution in [0.25, 0.3) is 0 Å². The second-order valence-corrected chi connectivity index (χ2v) is 9.55. The van der Waals surface area contributed by atoms with E-state index in [-0.39, 0.29) is 29.6 Å². The van der Waals surface area contributed by atoms with Crippen LogP contribution in [0.5, 0.6) is 5.75 Å². The number of ether oxygens (including phenoxy) is 1. The molecule has 7 heteroatoms. The van der Waals surface area contributed by atoms with E-state index in [0.717, 1.165) is 56.5 Å². The van der Waals surface area contributed by atoms with Crippen LogP contribution in [0.1, 0.15) is 47.1 Å². The van der Waals surface area contributed by atoms with Crippen molar-refractivity contribution in [3.63, 3.8) is 0 Å². The first kappa shape index (κ1) is 28.0. The summed E-state index contributed by atoms with van der Waals surface area (Å²) < 4.78 is 6.12. The number of hydrogen-bond acceptors (Lipinski definition) is 4. The third-order valence-corrected chi connectivity index (χ3v) is 5.40.